The first-order valence-electron chi connectivity index (χ1n) is 1.49. The third kappa shape index (κ3) is 3.08. The Morgan fingerprint density at radius 1 is 1.33 bits per heavy atom. The van der Waals surface area contributed by atoms with Crippen molar-refractivity contribution < 1.29 is 10.2 Å². The van der Waals surface area contributed by atoms with Crippen LogP contribution in [0.5, 0.6) is 0 Å². The van der Waals surface area contributed by atoms with Crippen molar-refractivity contribution >= 4 is 0 Å². The van der Waals surface area contributed by atoms with E-state index in [1.807, 2.05) is 0 Å². The van der Waals surface area contributed by atoms with Crippen LogP contribution in [-0.2, 0) is 5.11 Å². The van der Waals surface area contributed by atoms with E-state index in [1.54, 1.807) is 0 Å². The summed E-state index contributed by atoms with van der Waals surface area (Å²) in [5.74, 6) is 0. The molecule has 1 radical (unpaired) electrons. The SMILES string of the molecule is [O]C=CC=CO. The second-order valence-corrected chi connectivity index (χ2v) is 0.670. The Balaban J connectivity index is 3.07. The van der Waals surface area contributed by atoms with Gasteiger partial charge < -0.3 is 5.11 Å². The van der Waals surface area contributed by atoms with Crippen LogP contribution in [0.25, 0.3) is 0 Å². The Morgan fingerprint density at radius 3 is 2.17 bits per heavy atom. The van der Waals surface area contributed by atoms with E-state index < -0.39 is 0 Å². The van der Waals surface area contributed by atoms with Crippen LogP contribution in [-0.4, -0.2) is 5.11 Å². The van der Waals surface area contributed by atoms with E-state index in [1.165, 1.54) is 12.2 Å². The molecular weight excluding hydrogens is 80.0 g/mol. The summed E-state index contributed by atoms with van der Waals surface area (Å²) in [6.07, 6.45) is 3.83. The fourth-order valence-electron chi connectivity index (χ4n) is 0.0951. The van der Waals surface area contributed by atoms with Gasteiger partial charge in [-0.15, -0.1) is 0 Å². The second kappa shape index (κ2) is 4.08. The van der Waals surface area contributed by atoms with Crippen LogP contribution < -0.4 is 0 Å². The first kappa shape index (κ1) is 5.08. The van der Waals surface area contributed by atoms with Crippen LogP contribution >= 0.6 is 0 Å². The van der Waals surface area contributed by atoms with E-state index in [0.717, 1.165) is 6.26 Å². The van der Waals surface area contributed by atoms with Crippen molar-refractivity contribution in [3.63, 3.8) is 0 Å². The Hall–Kier alpha value is -0.920. The summed E-state index contributed by atoms with van der Waals surface area (Å²) < 4.78 is 0. The molecule has 2 nitrogen and oxygen atoms in total. The van der Waals surface area contributed by atoms with E-state index in [2.05, 4.69) is 0 Å². The Labute approximate surface area is 36.0 Å². The zero-order valence-electron chi connectivity index (χ0n) is 3.16. The maximum absolute atomic E-state index is 9.35. The molecule has 6 heavy (non-hydrogen) atoms. The number of hydrogen-bond acceptors (Lipinski definition) is 1. The average Bonchev–Trinajstić information content (AvgIpc) is 1.61. The topological polar surface area (TPSA) is 40.1 Å². The predicted molar refractivity (Wildman–Crippen MR) is 21.6 cm³/mol. The molecule has 0 amide bonds. The van der Waals surface area contributed by atoms with Crippen LogP contribution in [0.15, 0.2) is 24.7 Å². The minimum atomic E-state index is 0.590. The highest BCUT2D eigenvalue weighted by atomic mass is 16.2. The maximum Gasteiger partial charge on any atom is 0.142 e. The van der Waals surface area contributed by atoms with Gasteiger partial charge >= 0.3 is 0 Å². The second-order valence-electron chi connectivity index (χ2n) is 0.670. The van der Waals surface area contributed by atoms with Gasteiger partial charge in [-0.05, 0) is 12.2 Å². The van der Waals surface area contributed by atoms with Crippen LogP contribution in [0.2, 0.25) is 0 Å². The molecule has 0 bridgehead atoms. The Kier molecular flexibility index (Phi) is 3.45. The van der Waals surface area contributed by atoms with Crippen LogP contribution in [0.3, 0.4) is 0 Å². The summed E-state index contributed by atoms with van der Waals surface area (Å²) in [7, 11) is 0. The van der Waals surface area contributed by atoms with Gasteiger partial charge in [-0.3, -0.25) is 5.11 Å². The fourth-order valence-corrected chi connectivity index (χ4v) is 0.0951. The van der Waals surface area contributed by atoms with Crippen molar-refractivity contribution in [1.82, 2.24) is 0 Å². The normalized spacial score (nSPS) is 11.3. The summed E-state index contributed by atoms with van der Waals surface area (Å²) in [4.78, 5) is 0. The highest BCUT2D eigenvalue weighted by Gasteiger charge is 1.54. The van der Waals surface area contributed by atoms with Crippen molar-refractivity contribution in [2.24, 2.45) is 0 Å². The summed E-state index contributed by atoms with van der Waals surface area (Å²) in [6, 6.07) is 0. The van der Waals surface area contributed by atoms with Gasteiger partial charge in [0.25, 0.3) is 0 Å². The molecule has 0 heterocycles. The molecule has 0 aliphatic heterocycles. The first-order valence-corrected chi connectivity index (χ1v) is 1.49. The summed E-state index contributed by atoms with van der Waals surface area (Å²) in [5, 5.41) is 17.2. The molecule has 0 aliphatic carbocycles. The predicted octanol–water partition coefficient (Wildman–Crippen LogP) is 1.00. The van der Waals surface area contributed by atoms with E-state index in [4.69, 9.17) is 5.11 Å². The zero-order chi connectivity index (χ0) is 4.83. The highest BCUT2D eigenvalue weighted by molar-refractivity contribution is 4.94. The molecular formula is C4H5O2. The number of aliphatic hydroxyl groups excluding tert-OH is 1. The minimum absolute atomic E-state index is 0.590. The molecule has 0 atom stereocenters. The van der Waals surface area contributed by atoms with E-state index in [0.29, 0.717) is 6.26 Å². The summed E-state index contributed by atoms with van der Waals surface area (Å²) in [6.45, 7) is 0. The largest absolute Gasteiger partial charge is 0.516 e. The first-order chi connectivity index (χ1) is 2.91. The lowest BCUT2D eigenvalue weighted by molar-refractivity contribution is 0.351. The van der Waals surface area contributed by atoms with Crippen molar-refractivity contribution in [3.05, 3.63) is 24.7 Å². The van der Waals surface area contributed by atoms with Gasteiger partial charge in [-0.25, -0.2) is 0 Å². The van der Waals surface area contributed by atoms with Gasteiger partial charge in [0.15, 0.2) is 0 Å². The minimum Gasteiger partial charge on any atom is -0.516 e. The lowest BCUT2D eigenvalue weighted by Crippen LogP contribution is -1.46. The number of rotatable bonds is 1. The van der Waals surface area contributed by atoms with Crippen molar-refractivity contribution in [3.8, 4) is 0 Å². The highest BCUT2D eigenvalue weighted by Crippen LogP contribution is 1.67. The van der Waals surface area contributed by atoms with Crippen LogP contribution in [0.1, 0.15) is 0 Å². The zero-order valence-corrected chi connectivity index (χ0v) is 3.16. The lowest BCUT2D eigenvalue weighted by atomic mass is 10.6. The third-order valence-electron chi connectivity index (χ3n) is 0.276. The molecule has 0 rings (SSSR count). The number of aliphatic hydroxyl groups is 1. The summed E-state index contributed by atoms with van der Waals surface area (Å²) >= 11 is 0. The van der Waals surface area contributed by atoms with Crippen LogP contribution in [0.4, 0.5) is 0 Å². The van der Waals surface area contributed by atoms with Crippen molar-refractivity contribution in [2.45, 2.75) is 0 Å². The van der Waals surface area contributed by atoms with Crippen molar-refractivity contribution in [1.29, 1.82) is 0 Å². The monoisotopic (exact) mass is 85.0 g/mol. The third-order valence-corrected chi connectivity index (χ3v) is 0.276. The van der Waals surface area contributed by atoms with Crippen LogP contribution in [0, 0.1) is 0 Å². The number of hydrogen-bond donors (Lipinski definition) is 1. The molecule has 1 N–H and O–H groups in total. The molecule has 0 aliphatic rings. The molecule has 0 unspecified atom stereocenters. The quantitative estimate of drug-likeness (QED) is 0.374. The number of allylic oxidation sites excluding steroid dienone is 2. The van der Waals surface area contributed by atoms with E-state index in [9.17, 15) is 5.11 Å². The van der Waals surface area contributed by atoms with Gasteiger partial charge in [0.2, 0.25) is 0 Å². The molecule has 0 fully saturated rings. The molecule has 33 valence electrons. The molecule has 0 aromatic heterocycles. The molecule has 0 saturated heterocycles. The van der Waals surface area contributed by atoms with Crippen molar-refractivity contribution in [2.75, 3.05) is 0 Å². The standard InChI is InChI=1S/C4H5O2/c5-3-1-2-4-6/h1-5H. The lowest BCUT2D eigenvalue weighted by Gasteiger charge is -1.60. The molecule has 0 spiro atoms. The smallest absolute Gasteiger partial charge is 0.142 e. The molecule has 0 aromatic carbocycles. The van der Waals surface area contributed by atoms with Gasteiger partial charge in [0.1, 0.15) is 6.26 Å². The van der Waals surface area contributed by atoms with E-state index in [-0.39, 0.29) is 0 Å². The summed E-state index contributed by atoms with van der Waals surface area (Å²) in [5.41, 5.74) is 0. The van der Waals surface area contributed by atoms with E-state index >= 15 is 0 Å². The Bertz CT molecular complexity index is 53.9. The van der Waals surface area contributed by atoms with Gasteiger partial charge in [0.05, 0.1) is 6.26 Å². The molecule has 0 aromatic rings. The maximum atomic E-state index is 9.35. The Morgan fingerprint density at radius 2 is 2.00 bits per heavy atom. The van der Waals surface area contributed by atoms with Gasteiger partial charge in [0, 0.05) is 0 Å². The molecule has 2 heteroatoms. The molecule has 0 saturated carbocycles. The fraction of sp³-hybridized carbons (Fsp3) is 0. The van der Waals surface area contributed by atoms with Gasteiger partial charge in [-0.1, -0.05) is 0 Å². The van der Waals surface area contributed by atoms with Gasteiger partial charge in [-0.2, -0.15) is 0 Å². The average molecular weight is 85.1 g/mol.